The first-order valence-corrected chi connectivity index (χ1v) is 10.3. The van der Waals surface area contributed by atoms with Gasteiger partial charge in [-0.2, -0.15) is 0 Å². The molecule has 4 rings (SSSR count). The fraction of sp³-hybridized carbons (Fsp3) is 0.238. The fourth-order valence-corrected chi connectivity index (χ4v) is 4.72. The number of pyridine rings is 1. The Balaban J connectivity index is 1.85. The van der Waals surface area contributed by atoms with Crippen LogP contribution in [0, 0.1) is 0 Å². The van der Waals surface area contributed by atoms with Crippen molar-refractivity contribution in [1.29, 1.82) is 0 Å². The molecule has 0 radical (unpaired) electrons. The summed E-state index contributed by atoms with van der Waals surface area (Å²) >= 11 is 18.3. The molecule has 1 saturated heterocycles. The van der Waals surface area contributed by atoms with E-state index in [1.165, 1.54) is 0 Å². The van der Waals surface area contributed by atoms with Gasteiger partial charge in [-0.15, -0.1) is 0 Å². The molecular formula is C21H20Cl2N4S. The van der Waals surface area contributed by atoms with E-state index in [-0.39, 0.29) is 18.1 Å². The number of benzene rings is 1. The van der Waals surface area contributed by atoms with Crippen LogP contribution >= 0.6 is 35.4 Å². The van der Waals surface area contributed by atoms with Crippen LogP contribution in [0.5, 0.6) is 0 Å². The van der Waals surface area contributed by atoms with E-state index in [0.717, 1.165) is 22.2 Å². The number of aromatic nitrogens is 2. The molecule has 0 spiro atoms. The van der Waals surface area contributed by atoms with Crippen molar-refractivity contribution in [2.24, 2.45) is 0 Å². The molecule has 0 unspecified atom stereocenters. The summed E-state index contributed by atoms with van der Waals surface area (Å²) in [5.41, 5.74) is 2.92. The maximum Gasteiger partial charge on any atom is 0.170 e. The van der Waals surface area contributed by atoms with Crippen molar-refractivity contribution in [2.75, 3.05) is 0 Å². The summed E-state index contributed by atoms with van der Waals surface area (Å²) in [6.07, 6.45) is 3.82. The molecule has 0 amide bonds. The zero-order chi connectivity index (χ0) is 19.8. The summed E-state index contributed by atoms with van der Waals surface area (Å²) in [5.74, 6) is 0. The van der Waals surface area contributed by atoms with E-state index < -0.39 is 0 Å². The number of nitrogens with zero attached hydrogens (tertiary/aromatic N) is 3. The lowest BCUT2D eigenvalue weighted by Crippen LogP contribution is -2.36. The highest BCUT2D eigenvalue weighted by atomic mass is 35.5. The van der Waals surface area contributed by atoms with E-state index in [0.29, 0.717) is 10.0 Å². The standard InChI is InChI=1S/C21H20Cl2N4S/c1-13(2)27-20(19(25-21(27)28)16-6-3-4-10-24-16)18-7-5-11-26(18)17-9-8-14(22)12-15(17)23/h3-13,19-20H,1-2H3,(H,25,28)/t19-,20+/m0/s1. The van der Waals surface area contributed by atoms with E-state index in [4.69, 9.17) is 35.4 Å². The maximum absolute atomic E-state index is 6.51. The minimum atomic E-state index is -0.0594. The molecule has 2 atom stereocenters. The molecule has 3 aromatic rings. The van der Waals surface area contributed by atoms with Gasteiger partial charge in [0.2, 0.25) is 0 Å². The van der Waals surface area contributed by atoms with Gasteiger partial charge in [0.15, 0.2) is 5.11 Å². The molecule has 1 aliphatic rings. The zero-order valence-corrected chi connectivity index (χ0v) is 17.8. The number of rotatable bonds is 4. The summed E-state index contributed by atoms with van der Waals surface area (Å²) < 4.78 is 2.10. The molecule has 28 heavy (non-hydrogen) atoms. The van der Waals surface area contributed by atoms with Crippen molar-refractivity contribution in [3.63, 3.8) is 0 Å². The summed E-state index contributed by atoms with van der Waals surface area (Å²) in [6, 6.07) is 15.8. The van der Waals surface area contributed by atoms with Crippen molar-refractivity contribution >= 4 is 40.5 Å². The van der Waals surface area contributed by atoms with Crippen LogP contribution < -0.4 is 5.32 Å². The van der Waals surface area contributed by atoms with E-state index in [9.17, 15) is 0 Å². The highest BCUT2D eigenvalue weighted by Crippen LogP contribution is 2.41. The van der Waals surface area contributed by atoms with E-state index >= 15 is 0 Å². The Morgan fingerprint density at radius 2 is 1.93 bits per heavy atom. The van der Waals surface area contributed by atoms with E-state index in [1.54, 1.807) is 6.07 Å². The van der Waals surface area contributed by atoms with Gasteiger partial charge >= 0.3 is 0 Å². The average molecular weight is 431 g/mol. The van der Waals surface area contributed by atoms with Crippen LogP contribution in [0.15, 0.2) is 60.9 Å². The number of hydrogen-bond acceptors (Lipinski definition) is 2. The van der Waals surface area contributed by atoms with Crippen molar-refractivity contribution in [3.05, 3.63) is 82.4 Å². The third-order valence-electron chi connectivity index (χ3n) is 4.94. The number of nitrogens with one attached hydrogen (secondary N) is 1. The van der Waals surface area contributed by atoms with Crippen molar-refractivity contribution in [1.82, 2.24) is 19.8 Å². The number of halogens is 2. The average Bonchev–Trinajstić information content (AvgIpc) is 3.26. The molecule has 1 fully saturated rings. The second-order valence-corrected chi connectivity index (χ2v) is 8.26. The quantitative estimate of drug-likeness (QED) is 0.549. The summed E-state index contributed by atoms with van der Waals surface area (Å²) in [5, 5.41) is 5.41. The first-order valence-electron chi connectivity index (χ1n) is 9.10. The topological polar surface area (TPSA) is 33.1 Å². The van der Waals surface area contributed by atoms with Crippen LogP contribution in [-0.4, -0.2) is 25.6 Å². The molecule has 1 aliphatic heterocycles. The van der Waals surface area contributed by atoms with Gasteiger partial charge in [-0.1, -0.05) is 29.3 Å². The zero-order valence-electron chi connectivity index (χ0n) is 15.5. The molecule has 3 heterocycles. The molecule has 7 heteroatoms. The van der Waals surface area contributed by atoms with Crippen LogP contribution in [0.4, 0.5) is 0 Å². The van der Waals surface area contributed by atoms with Crippen LogP contribution in [0.25, 0.3) is 5.69 Å². The summed E-state index contributed by atoms with van der Waals surface area (Å²) in [7, 11) is 0. The molecule has 0 saturated carbocycles. The molecular weight excluding hydrogens is 411 g/mol. The van der Waals surface area contributed by atoms with Gasteiger partial charge in [0, 0.05) is 29.2 Å². The smallest absolute Gasteiger partial charge is 0.170 e. The SMILES string of the molecule is CC(C)N1C(=S)N[C@@H](c2ccccn2)[C@H]1c1cccn1-c1ccc(Cl)cc1Cl. The van der Waals surface area contributed by atoms with Crippen LogP contribution in [-0.2, 0) is 0 Å². The molecule has 1 N–H and O–H groups in total. The van der Waals surface area contributed by atoms with Crippen molar-refractivity contribution in [3.8, 4) is 5.69 Å². The second-order valence-electron chi connectivity index (χ2n) is 7.03. The monoisotopic (exact) mass is 430 g/mol. The van der Waals surface area contributed by atoms with Crippen LogP contribution in [0.3, 0.4) is 0 Å². The Kier molecular flexibility index (Phi) is 5.32. The minimum Gasteiger partial charge on any atom is -0.352 e. The van der Waals surface area contributed by atoms with Gasteiger partial charge in [-0.05, 0) is 68.5 Å². The van der Waals surface area contributed by atoms with Gasteiger partial charge in [0.1, 0.15) is 0 Å². The normalized spacial score (nSPS) is 19.3. The molecule has 0 bridgehead atoms. The molecule has 1 aromatic carbocycles. The first kappa shape index (κ1) is 19.2. The molecule has 4 nitrogen and oxygen atoms in total. The van der Waals surface area contributed by atoms with Crippen molar-refractivity contribution < 1.29 is 0 Å². The van der Waals surface area contributed by atoms with Gasteiger partial charge in [0.05, 0.1) is 28.5 Å². The number of hydrogen-bond donors (Lipinski definition) is 1. The van der Waals surface area contributed by atoms with Gasteiger partial charge in [-0.25, -0.2) is 0 Å². The largest absolute Gasteiger partial charge is 0.352 e. The van der Waals surface area contributed by atoms with Crippen LogP contribution in [0.1, 0.15) is 37.3 Å². The highest BCUT2D eigenvalue weighted by molar-refractivity contribution is 7.80. The van der Waals surface area contributed by atoms with Crippen LogP contribution in [0.2, 0.25) is 10.0 Å². The minimum absolute atomic E-state index is 0.0239. The Morgan fingerprint density at radius 1 is 1.11 bits per heavy atom. The Morgan fingerprint density at radius 3 is 2.61 bits per heavy atom. The lowest BCUT2D eigenvalue weighted by molar-refractivity contribution is 0.262. The van der Waals surface area contributed by atoms with E-state index in [2.05, 4.69) is 39.7 Å². The van der Waals surface area contributed by atoms with E-state index in [1.807, 2.05) is 48.8 Å². The predicted octanol–water partition coefficient (Wildman–Crippen LogP) is 5.56. The number of thiocarbonyl (C=S) groups is 1. The molecule has 0 aliphatic carbocycles. The highest BCUT2D eigenvalue weighted by Gasteiger charge is 2.42. The lowest BCUT2D eigenvalue weighted by atomic mass is 10.0. The van der Waals surface area contributed by atoms with Gasteiger partial charge in [0.25, 0.3) is 0 Å². The third-order valence-corrected chi connectivity index (χ3v) is 5.81. The fourth-order valence-electron chi connectivity index (χ4n) is 3.77. The van der Waals surface area contributed by atoms with Gasteiger partial charge < -0.3 is 14.8 Å². The Labute approximate surface area is 180 Å². The Bertz CT molecular complexity index is 1000. The molecule has 2 aromatic heterocycles. The summed E-state index contributed by atoms with van der Waals surface area (Å²) in [6.45, 7) is 4.29. The predicted molar refractivity (Wildman–Crippen MR) is 118 cm³/mol. The van der Waals surface area contributed by atoms with Crippen molar-refractivity contribution in [2.45, 2.75) is 32.0 Å². The lowest BCUT2D eigenvalue weighted by Gasteiger charge is -2.32. The van der Waals surface area contributed by atoms with Gasteiger partial charge in [-0.3, -0.25) is 4.98 Å². The third kappa shape index (κ3) is 3.39. The summed E-state index contributed by atoms with van der Waals surface area (Å²) in [4.78, 5) is 6.81. The molecule has 144 valence electrons. The maximum atomic E-state index is 6.51. The second kappa shape index (κ2) is 7.74. The Hall–Kier alpha value is -2.08. The first-order chi connectivity index (χ1) is 13.5.